The standard InChI is InChI=1S/C25H23F3N6O/c1-15-14-29-22(30-15)19-11-9-16(31-24(19)35-2)10-12-21-32-23-18(7-5-13-34(23)33-21)17-6-3-4-8-20(17)25(26,27)28/h3-4,6,8-12,14,18H,5,7,13H2,1-2H3,(H,29,30)/t18-/m0/s1. The van der Waals surface area contributed by atoms with Crippen molar-refractivity contribution in [1.29, 1.82) is 0 Å². The molecule has 0 radical (unpaired) electrons. The van der Waals surface area contributed by atoms with Crippen molar-refractivity contribution in [2.24, 2.45) is 0 Å². The fourth-order valence-electron chi connectivity index (χ4n) is 4.39. The van der Waals surface area contributed by atoms with Gasteiger partial charge in [0.2, 0.25) is 5.88 Å². The largest absolute Gasteiger partial charge is 0.480 e. The zero-order valence-corrected chi connectivity index (χ0v) is 19.2. The van der Waals surface area contributed by atoms with Gasteiger partial charge in [-0.25, -0.2) is 19.6 Å². The second-order valence-electron chi connectivity index (χ2n) is 8.35. The minimum atomic E-state index is -4.42. The number of halogens is 3. The average Bonchev–Trinajstić information content (AvgIpc) is 3.47. The van der Waals surface area contributed by atoms with Gasteiger partial charge in [-0.1, -0.05) is 18.2 Å². The number of pyridine rings is 1. The van der Waals surface area contributed by atoms with Crippen molar-refractivity contribution in [3.8, 4) is 17.3 Å². The molecule has 0 unspecified atom stereocenters. The van der Waals surface area contributed by atoms with Gasteiger partial charge in [0.25, 0.3) is 0 Å². The van der Waals surface area contributed by atoms with Crippen molar-refractivity contribution in [2.75, 3.05) is 7.11 Å². The van der Waals surface area contributed by atoms with Gasteiger partial charge >= 0.3 is 6.18 Å². The average molecular weight is 480 g/mol. The molecule has 0 spiro atoms. The molecule has 0 bridgehead atoms. The molecule has 35 heavy (non-hydrogen) atoms. The van der Waals surface area contributed by atoms with E-state index < -0.39 is 17.7 Å². The number of rotatable bonds is 5. The second kappa shape index (κ2) is 9.01. The van der Waals surface area contributed by atoms with Gasteiger partial charge in [0.1, 0.15) is 11.6 Å². The van der Waals surface area contributed by atoms with E-state index in [0.29, 0.717) is 42.0 Å². The Kier molecular flexibility index (Phi) is 5.88. The van der Waals surface area contributed by atoms with Gasteiger partial charge in [0.05, 0.1) is 29.6 Å². The van der Waals surface area contributed by atoms with Crippen LogP contribution in [0.5, 0.6) is 5.88 Å². The van der Waals surface area contributed by atoms with Gasteiger partial charge < -0.3 is 9.72 Å². The van der Waals surface area contributed by atoms with Crippen LogP contribution in [0.1, 0.15) is 52.9 Å². The molecule has 4 heterocycles. The number of aromatic nitrogens is 6. The molecule has 0 saturated carbocycles. The quantitative estimate of drug-likeness (QED) is 0.408. The summed E-state index contributed by atoms with van der Waals surface area (Å²) in [6.07, 6.45) is 2.14. The fraction of sp³-hybridized carbons (Fsp3) is 0.280. The molecule has 10 heteroatoms. The van der Waals surface area contributed by atoms with Crippen LogP contribution in [0.2, 0.25) is 0 Å². The molecule has 1 aliphatic rings. The van der Waals surface area contributed by atoms with Crippen LogP contribution in [0, 0.1) is 6.92 Å². The highest BCUT2D eigenvalue weighted by Gasteiger charge is 2.37. The third-order valence-electron chi connectivity index (χ3n) is 5.97. The zero-order valence-electron chi connectivity index (χ0n) is 19.2. The number of ether oxygens (including phenoxy) is 1. The maximum Gasteiger partial charge on any atom is 0.416 e. The Morgan fingerprint density at radius 3 is 2.66 bits per heavy atom. The lowest BCUT2D eigenvalue weighted by Gasteiger charge is -2.25. The van der Waals surface area contributed by atoms with Crippen LogP contribution >= 0.6 is 0 Å². The highest BCUT2D eigenvalue weighted by atomic mass is 19.4. The van der Waals surface area contributed by atoms with Gasteiger partial charge in [-0.15, -0.1) is 0 Å². The molecule has 7 nitrogen and oxygen atoms in total. The Morgan fingerprint density at radius 2 is 1.91 bits per heavy atom. The van der Waals surface area contributed by atoms with Crippen LogP contribution in [0.25, 0.3) is 23.5 Å². The van der Waals surface area contributed by atoms with Gasteiger partial charge in [-0.3, -0.25) is 0 Å². The van der Waals surface area contributed by atoms with E-state index in [-0.39, 0.29) is 5.56 Å². The number of aromatic amines is 1. The fourth-order valence-corrected chi connectivity index (χ4v) is 4.39. The first kappa shape index (κ1) is 22.8. The highest BCUT2D eigenvalue weighted by molar-refractivity contribution is 5.68. The summed E-state index contributed by atoms with van der Waals surface area (Å²) in [4.78, 5) is 16.6. The van der Waals surface area contributed by atoms with E-state index in [1.165, 1.54) is 12.1 Å². The summed E-state index contributed by atoms with van der Waals surface area (Å²) in [7, 11) is 1.54. The number of benzene rings is 1. The number of hydrogen-bond donors (Lipinski definition) is 1. The zero-order chi connectivity index (χ0) is 24.6. The maximum absolute atomic E-state index is 13.6. The smallest absolute Gasteiger partial charge is 0.416 e. The van der Waals surface area contributed by atoms with E-state index in [9.17, 15) is 13.2 Å². The molecule has 180 valence electrons. The van der Waals surface area contributed by atoms with E-state index in [1.807, 2.05) is 19.1 Å². The lowest BCUT2D eigenvalue weighted by atomic mass is 9.88. The number of nitrogens with zero attached hydrogens (tertiary/aromatic N) is 5. The summed E-state index contributed by atoms with van der Waals surface area (Å²) in [5.74, 6) is 1.58. The molecule has 5 rings (SSSR count). The molecule has 1 N–H and O–H groups in total. The predicted molar refractivity (Wildman–Crippen MR) is 125 cm³/mol. The number of hydrogen-bond acceptors (Lipinski definition) is 5. The lowest BCUT2D eigenvalue weighted by Crippen LogP contribution is -2.21. The third kappa shape index (κ3) is 4.55. The van der Waals surface area contributed by atoms with Crippen molar-refractivity contribution >= 4 is 12.2 Å². The van der Waals surface area contributed by atoms with Gasteiger partial charge in [-0.2, -0.15) is 18.3 Å². The minimum absolute atomic E-state index is 0.235. The summed E-state index contributed by atoms with van der Waals surface area (Å²) in [6.45, 7) is 2.50. The van der Waals surface area contributed by atoms with Crippen LogP contribution in [-0.4, -0.2) is 36.8 Å². The van der Waals surface area contributed by atoms with E-state index in [2.05, 4.69) is 25.0 Å². The van der Waals surface area contributed by atoms with Crippen LogP contribution in [0.15, 0.2) is 42.6 Å². The van der Waals surface area contributed by atoms with E-state index >= 15 is 0 Å². The molecule has 0 amide bonds. The number of nitrogens with one attached hydrogen (secondary N) is 1. The molecular formula is C25H23F3N6O. The number of alkyl halides is 3. The van der Waals surface area contributed by atoms with Gasteiger partial charge in [0, 0.05) is 18.7 Å². The second-order valence-corrected chi connectivity index (χ2v) is 8.35. The van der Waals surface area contributed by atoms with Crippen LogP contribution < -0.4 is 4.74 Å². The van der Waals surface area contributed by atoms with Crippen molar-refractivity contribution in [1.82, 2.24) is 29.7 Å². The van der Waals surface area contributed by atoms with Gasteiger partial charge in [-0.05, 0) is 55.7 Å². The maximum atomic E-state index is 13.6. The molecular weight excluding hydrogens is 457 g/mol. The highest BCUT2D eigenvalue weighted by Crippen LogP contribution is 2.40. The summed E-state index contributed by atoms with van der Waals surface area (Å²) < 4.78 is 48.0. The van der Waals surface area contributed by atoms with Crippen LogP contribution in [-0.2, 0) is 12.7 Å². The molecule has 3 aromatic heterocycles. The van der Waals surface area contributed by atoms with Crippen molar-refractivity contribution in [2.45, 2.75) is 38.4 Å². The normalized spacial score (nSPS) is 16.0. The summed E-state index contributed by atoms with van der Waals surface area (Å²) in [5, 5.41) is 4.51. The molecule has 4 aromatic rings. The lowest BCUT2D eigenvalue weighted by molar-refractivity contribution is -0.138. The molecule has 1 atom stereocenters. The molecule has 0 aliphatic carbocycles. The van der Waals surface area contributed by atoms with Crippen molar-refractivity contribution in [3.63, 3.8) is 0 Å². The number of methoxy groups -OCH3 is 1. The summed E-state index contributed by atoms with van der Waals surface area (Å²) >= 11 is 0. The molecule has 1 aliphatic heterocycles. The Bertz CT molecular complexity index is 1390. The first-order valence-corrected chi connectivity index (χ1v) is 11.2. The Morgan fingerprint density at radius 1 is 1.09 bits per heavy atom. The number of H-pyrrole nitrogens is 1. The summed E-state index contributed by atoms with van der Waals surface area (Å²) in [5.41, 5.74) is 1.83. The predicted octanol–water partition coefficient (Wildman–Crippen LogP) is 5.50. The van der Waals surface area contributed by atoms with Crippen LogP contribution in [0.3, 0.4) is 0 Å². The third-order valence-corrected chi connectivity index (χ3v) is 5.97. The Labute approximate surface area is 199 Å². The number of aryl methyl sites for hydroxylation is 2. The van der Waals surface area contributed by atoms with Crippen molar-refractivity contribution in [3.05, 3.63) is 76.8 Å². The summed E-state index contributed by atoms with van der Waals surface area (Å²) in [6, 6.07) is 9.38. The first-order chi connectivity index (χ1) is 16.8. The molecule has 1 aromatic carbocycles. The topological polar surface area (TPSA) is 81.5 Å². The monoisotopic (exact) mass is 480 g/mol. The van der Waals surface area contributed by atoms with Gasteiger partial charge in [0.15, 0.2) is 5.82 Å². The number of fused-ring (bicyclic) bond motifs is 1. The Balaban J connectivity index is 1.43. The minimum Gasteiger partial charge on any atom is -0.480 e. The Hall–Kier alpha value is -3.95. The number of imidazole rings is 1. The first-order valence-electron chi connectivity index (χ1n) is 11.2. The van der Waals surface area contributed by atoms with E-state index in [4.69, 9.17) is 4.74 Å². The molecule has 0 saturated heterocycles. The molecule has 0 fully saturated rings. The van der Waals surface area contributed by atoms with Crippen molar-refractivity contribution < 1.29 is 17.9 Å². The van der Waals surface area contributed by atoms with Crippen LogP contribution in [0.4, 0.5) is 13.2 Å². The SMILES string of the molecule is COc1nc(C=Cc2nc3n(n2)CCC[C@H]3c2ccccc2C(F)(F)F)ccc1-c1nc(C)c[nH]1. The van der Waals surface area contributed by atoms with E-state index in [1.54, 1.807) is 36.2 Å². The van der Waals surface area contributed by atoms with E-state index in [0.717, 1.165) is 23.7 Å².